The monoisotopic (exact) mass is 215 g/mol. The molecule has 1 aliphatic heterocycles. The minimum atomic E-state index is 0.764. The molecule has 3 rings (SSSR count). The van der Waals surface area contributed by atoms with Gasteiger partial charge >= 0.3 is 0 Å². The molecule has 1 heteroatoms. The van der Waals surface area contributed by atoms with Gasteiger partial charge in [0.05, 0.1) is 0 Å². The molecule has 2 aliphatic rings. The van der Waals surface area contributed by atoms with E-state index < -0.39 is 0 Å². The number of nitrogens with one attached hydrogen (secondary N) is 1. The van der Waals surface area contributed by atoms with E-state index in [0.29, 0.717) is 0 Å². The first-order chi connectivity index (χ1) is 7.88. The Labute approximate surface area is 98.3 Å². The van der Waals surface area contributed by atoms with Crippen molar-refractivity contribution >= 4 is 0 Å². The second-order valence-corrected chi connectivity index (χ2v) is 5.29. The second kappa shape index (κ2) is 4.21. The van der Waals surface area contributed by atoms with E-state index in [1.807, 2.05) is 0 Å². The Hall–Kier alpha value is -0.820. The van der Waals surface area contributed by atoms with Gasteiger partial charge in [0.15, 0.2) is 0 Å². The van der Waals surface area contributed by atoms with Gasteiger partial charge < -0.3 is 5.32 Å². The van der Waals surface area contributed by atoms with E-state index in [2.05, 4.69) is 24.4 Å². The van der Waals surface area contributed by atoms with Crippen molar-refractivity contribution in [1.82, 2.24) is 5.32 Å². The highest BCUT2D eigenvalue weighted by atomic mass is 14.9. The Morgan fingerprint density at radius 3 is 2.81 bits per heavy atom. The summed E-state index contributed by atoms with van der Waals surface area (Å²) in [5, 5.41) is 3.57. The number of aryl methyl sites for hydroxylation is 2. The molecule has 0 saturated heterocycles. The number of rotatable bonds is 2. The molecule has 1 aromatic rings. The van der Waals surface area contributed by atoms with Crippen LogP contribution in [0.25, 0.3) is 0 Å². The molecular weight excluding hydrogens is 194 g/mol. The Kier molecular flexibility index (Phi) is 2.72. The maximum atomic E-state index is 3.57. The van der Waals surface area contributed by atoms with Gasteiger partial charge in [-0.1, -0.05) is 25.5 Å². The molecule has 86 valence electrons. The highest BCUT2D eigenvalue weighted by molar-refractivity contribution is 5.43. The van der Waals surface area contributed by atoms with Gasteiger partial charge in [-0.05, 0) is 53.9 Å². The lowest BCUT2D eigenvalue weighted by molar-refractivity contribution is 0.509. The van der Waals surface area contributed by atoms with Crippen LogP contribution in [0.3, 0.4) is 0 Å². The summed E-state index contributed by atoms with van der Waals surface area (Å²) in [5.41, 5.74) is 6.49. The zero-order chi connectivity index (χ0) is 11.0. The summed E-state index contributed by atoms with van der Waals surface area (Å²) in [4.78, 5) is 0. The molecule has 1 aliphatic carbocycles. The van der Waals surface area contributed by atoms with Crippen LogP contribution in [0.1, 0.15) is 54.4 Å². The van der Waals surface area contributed by atoms with Crippen molar-refractivity contribution in [3.8, 4) is 0 Å². The SMILES string of the molecule is CCCC1CNCc2cc3c(cc21)CCC3. The smallest absolute Gasteiger partial charge is 0.0208 e. The Morgan fingerprint density at radius 1 is 1.19 bits per heavy atom. The van der Waals surface area contributed by atoms with Gasteiger partial charge in [0.1, 0.15) is 0 Å². The molecule has 1 unspecified atom stereocenters. The van der Waals surface area contributed by atoms with Crippen LogP contribution >= 0.6 is 0 Å². The van der Waals surface area contributed by atoms with Gasteiger partial charge in [-0.15, -0.1) is 0 Å². The van der Waals surface area contributed by atoms with Crippen LogP contribution in [0.15, 0.2) is 12.1 Å². The molecular formula is C15H21N. The summed E-state index contributed by atoms with van der Waals surface area (Å²) < 4.78 is 0. The van der Waals surface area contributed by atoms with Crippen LogP contribution in [0.2, 0.25) is 0 Å². The van der Waals surface area contributed by atoms with Gasteiger partial charge in [-0.25, -0.2) is 0 Å². The average Bonchev–Trinajstić information content (AvgIpc) is 2.74. The summed E-state index contributed by atoms with van der Waals surface area (Å²) in [7, 11) is 0. The fraction of sp³-hybridized carbons (Fsp3) is 0.600. The third-order valence-corrected chi connectivity index (χ3v) is 4.14. The fourth-order valence-corrected chi connectivity index (χ4v) is 3.32. The molecule has 16 heavy (non-hydrogen) atoms. The molecule has 0 spiro atoms. The van der Waals surface area contributed by atoms with Crippen LogP contribution in [0.4, 0.5) is 0 Å². The van der Waals surface area contributed by atoms with Crippen LogP contribution in [-0.2, 0) is 19.4 Å². The van der Waals surface area contributed by atoms with Crippen LogP contribution in [-0.4, -0.2) is 6.54 Å². The topological polar surface area (TPSA) is 12.0 Å². The predicted octanol–water partition coefficient (Wildman–Crippen LogP) is 3.16. The fourth-order valence-electron chi connectivity index (χ4n) is 3.32. The first-order valence-corrected chi connectivity index (χ1v) is 6.73. The standard InChI is InChI=1S/C15H21N/c1-2-4-13-9-16-10-14-7-11-5-3-6-12(11)8-15(13)14/h7-8,13,16H,2-6,9-10H2,1H3. The molecule has 0 saturated carbocycles. The summed E-state index contributed by atoms with van der Waals surface area (Å²) in [6.45, 7) is 4.56. The molecule has 0 bridgehead atoms. The lowest BCUT2D eigenvalue weighted by Gasteiger charge is -2.27. The molecule has 0 radical (unpaired) electrons. The quantitative estimate of drug-likeness (QED) is 0.799. The molecule has 1 nitrogen and oxygen atoms in total. The zero-order valence-corrected chi connectivity index (χ0v) is 10.2. The summed E-state index contributed by atoms with van der Waals surface area (Å²) in [5.74, 6) is 0.764. The highest BCUT2D eigenvalue weighted by Crippen LogP contribution is 2.33. The average molecular weight is 215 g/mol. The highest BCUT2D eigenvalue weighted by Gasteiger charge is 2.22. The van der Waals surface area contributed by atoms with E-state index >= 15 is 0 Å². The maximum Gasteiger partial charge on any atom is 0.0208 e. The molecule has 1 heterocycles. The predicted molar refractivity (Wildman–Crippen MR) is 67.8 cm³/mol. The van der Waals surface area contributed by atoms with E-state index in [9.17, 15) is 0 Å². The van der Waals surface area contributed by atoms with Gasteiger partial charge in [0.25, 0.3) is 0 Å². The zero-order valence-electron chi connectivity index (χ0n) is 10.2. The molecule has 1 aromatic carbocycles. The number of fused-ring (bicyclic) bond motifs is 2. The Balaban J connectivity index is 2.00. The van der Waals surface area contributed by atoms with Crippen LogP contribution in [0.5, 0.6) is 0 Å². The van der Waals surface area contributed by atoms with E-state index in [4.69, 9.17) is 0 Å². The third-order valence-electron chi connectivity index (χ3n) is 4.14. The van der Waals surface area contributed by atoms with Gasteiger partial charge in [-0.2, -0.15) is 0 Å². The summed E-state index contributed by atoms with van der Waals surface area (Å²) in [6, 6.07) is 5.01. The van der Waals surface area contributed by atoms with E-state index in [1.54, 1.807) is 22.3 Å². The molecule has 0 fully saturated rings. The van der Waals surface area contributed by atoms with Crippen LogP contribution < -0.4 is 5.32 Å². The lowest BCUT2D eigenvalue weighted by Crippen LogP contribution is -2.28. The van der Waals surface area contributed by atoms with Crippen molar-refractivity contribution in [3.05, 3.63) is 34.4 Å². The van der Waals surface area contributed by atoms with Crippen LogP contribution in [0, 0.1) is 0 Å². The van der Waals surface area contributed by atoms with Crippen molar-refractivity contribution in [1.29, 1.82) is 0 Å². The molecule has 0 aromatic heterocycles. The first kappa shape index (κ1) is 10.3. The van der Waals surface area contributed by atoms with Crippen molar-refractivity contribution in [2.45, 2.75) is 51.5 Å². The normalized spacial score (nSPS) is 22.9. The summed E-state index contributed by atoms with van der Waals surface area (Å²) >= 11 is 0. The van der Waals surface area contributed by atoms with Crippen molar-refractivity contribution < 1.29 is 0 Å². The van der Waals surface area contributed by atoms with Gasteiger partial charge in [-0.3, -0.25) is 0 Å². The van der Waals surface area contributed by atoms with E-state index in [0.717, 1.165) is 12.5 Å². The molecule has 1 atom stereocenters. The van der Waals surface area contributed by atoms with Crippen molar-refractivity contribution in [2.24, 2.45) is 0 Å². The van der Waals surface area contributed by atoms with Crippen molar-refractivity contribution in [3.63, 3.8) is 0 Å². The number of hydrogen-bond donors (Lipinski definition) is 1. The van der Waals surface area contributed by atoms with Gasteiger partial charge in [0.2, 0.25) is 0 Å². The molecule has 1 N–H and O–H groups in total. The minimum Gasteiger partial charge on any atom is -0.312 e. The second-order valence-electron chi connectivity index (χ2n) is 5.29. The van der Waals surface area contributed by atoms with E-state index in [1.165, 1.54) is 38.6 Å². The lowest BCUT2D eigenvalue weighted by atomic mass is 9.85. The minimum absolute atomic E-state index is 0.764. The molecule has 0 amide bonds. The number of benzene rings is 1. The largest absolute Gasteiger partial charge is 0.312 e. The Morgan fingerprint density at radius 2 is 2.00 bits per heavy atom. The Bertz CT molecular complexity index is 395. The third kappa shape index (κ3) is 1.67. The first-order valence-electron chi connectivity index (χ1n) is 6.73. The van der Waals surface area contributed by atoms with Crippen molar-refractivity contribution in [2.75, 3.05) is 6.54 Å². The number of hydrogen-bond acceptors (Lipinski definition) is 1. The summed E-state index contributed by atoms with van der Waals surface area (Å²) in [6.07, 6.45) is 6.61. The maximum absolute atomic E-state index is 3.57. The van der Waals surface area contributed by atoms with E-state index in [-0.39, 0.29) is 0 Å². The van der Waals surface area contributed by atoms with Gasteiger partial charge in [0, 0.05) is 13.1 Å².